The Morgan fingerprint density at radius 2 is 1.82 bits per heavy atom. The van der Waals surface area contributed by atoms with E-state index in [1.54, 1.807) is 39.7 Å². The number of aromatic nitrogens is 2. The van der Waals surface area contributed by atoms with E-state index in [2.05, 4.69) is 10.3 Å². The molecule has 0 saturated carbocycles. The van der Waals surface area contributed by atoms with Crippen LogP contribution in [-0.4, -0.2) is 37.5 Å². The summed E-state index contributed by atoms with van der Waals surface area (Å²) >= 11 is 0. The zero-order chi connectivity index (χ0) is 19.9. The van der Waals surface area contributed by atoms with Crippen molar-refractivity contribution < 1.29 is 18.6 Å². The van der Waals surface area contributed by atoms with E-state index in [0.29, 0.717) is 25.6 Å². The Kier molecular flexibility index (Phi) is 6.49. The van der Waals surface area contributed by atoms with Crippen LogP contribution in [0.5, 0.6) is 11.5 Å². The van der Waals surface area contributed by atoms with Crippen molar-refractivity contribution in [1.82, 2.24) is 9.55 Å². The first-order chi connectivity index (χ1) is 13.7. The van der Waals surface area contributed by atoms with Crippen LogP contribution in [0.15, 0.2) is 48.7 Å². The minimum atomic E-state index is -0.268. The lowest BCUT2D eigenvalue weighted by Crippen LogP contribution is -2.12. The highest BCUT2D eigenvalue weighted by Gasteiger charge is 2.13. The van der Waals surface area contributed by atoms with Crippen molar-refractivity contribution in [1.29, 1.82) is 0 Å². The summed E-state index contributed by atoms with van der Waals surface area (Å²) < 4.78 is 31.3. The van der Waals surface area contributed by atoms with Gasteiger partial charge >= 0.3 is 0 Å². The molecule has 0 fully saturated rings. The molecule has 0 radical (unpaired) electrons. The summed E-state index contributed by atoms with van der Waals surface area (Å²) in [5, 5.41) is 3.35. The summed E-state index contributed by atoms with van der Waals surface area (Å²) in [6.45, 7) is 1.65. The van der Waals surface area contributed by atoms with Crippen LogP contribution in [0.2, 0.25) is 0 Å². The normalized spacial score (nSPS) is 10.7. The molecule has 6 nitrogen and oxygen atoms in total. The Morgan fingerprint density at radius 3 is 2.50 bits per heavy atom. The molecule has 0 spiro atoms. The summed E-state index contributed by atoms with van der Waals surface area (Å²) in [4.78, 5) is 4.51. The van der Waals surface area contributed by atoms with Gasteiger partial charge in [0, 0.05) is 31.3 Å². The zero-order valence-electron chi connectivity index (χ0n) is 16.2. The molecule has 1 N–H and O–H groups in total. The highest BCUT2D eigenvalue weighted by Crippen LogP contribution is 2.27. The van der Waals surface area contributed by atoms with Crippen LogP contribution in [0, 0.1) is 5.82 Å². The second-order valence-corrected chi connectivity index (χ2v) is 6.15. The first-order valence-electron chi connectivity index (χ1n) is 8.91. The molecule has 28 heavy (non-hydrogen) atoms. The van der Waals surface area contributed by atoms with E-state index in [9.17, 15) is 4.39 Å². The fourth-order valence-corrected chi connectivity index (χ4v) is 2.97. The third-order valence-electron chi connectivity index (χ3n) is 4.44. The Balaban J connectivity index is 1.87. The molecular formula is C21H24FN3O3. The summed E-state index contributed by atoms with van der Waals surface area (Å²) in [6, 6.07) is 12.0. The van der Waals surface area contributed by atoms with Crippen LogP contribution in [0.4, 0.5) is 10.3 Å². The Bertz CT molecular complexity index is 910. The van der Waals surface area contributed by atoms with Gasteiger partial charge in [-0.2, -0.15) is 0 Å². The summed E-state index contributed by atoms with van der Waals surface area (Å²) in [5.74, 6) is 1.95. The first kappa shape index (κ1) is 19.7. The lowest BCUT2D eigenvalue weighted by atomic mass is 10.1. The Morgan fingerprint density at radius 1 is 1.04 bits per heavy atom. The average Bonchev–Trinajstić information content (AvgIpc) is 3.13. The predicted molar refractivity (Wildman–Crippen MR) is 106 cm³/mol. The van der Waals surface area contributed by atoms with Crippen LogP contribution in [-0.2, 0) is 17.8 Å². The number of anilines is 1. The predicted octanol–water partition coefficient (Wildman–Crippen LogP) is 3.96. The van der Waals surface area contributed by atoms with Gasteiger partial charge in [0.1, 0.15) is 17.3 Å². The number of rotatable bonds is 9. The molecule has 0 aliphatic carbocycles. The van der Waals surface area contributed by atoms with Crippen LogP contribution in [0.1, 0.15) is 5.56 Å². The standard InChI is InChI=1S/C21H24FN3O3/c1-26-11-10-25-19(15-4-6-17(22)7-5-15)14-24-21(25)23-13-16-12-18(27-2)8-9-20(16)28-3/h4-9,12,14H,10-11,13H2,1-3H3,(H,23,24). The molecule has 0 atom stereocenters. The maximum Gasteiger partial charge on any atom is 0.203 e. The Hall–Kier alpha value is -3.06. The van der Waals surface area contributed by atoms with Gasteiger partial charge < -0.3 is 24.1 Å². The number of nitrogens with one attached hydrogen (secondary N) is 1. The van der Waals surface area contributed by atoms with E-state index in [1.165, 1.54) is 12.1 Å². The number of imidazole rings is 1. The summed E-state index contributed by atoms with van der Waals surface area (Å²) in [6.07, 6.45) is 1.77. The van der Waals surface area contributed by atoms with E-state index in [-0.39, 0.29) is 5.82 Å². The van der Waals surface area contributed by atoms with Gasteiger partial charge in [-0.25, -0.2) is 9.37 Å². The Labute approximate surface area is 163 Å². The van der Waals surface area contributed by atoms with Gasteiger partial charge in [-0.3, -0.25) is 0 Å². The molecule has 0 aliphatic rings. The van der Waals surface area contributed by atoms with Crippen molar-refractivity contribution in [2.45, 2.75) is 13.1 Å². The van der Waals surface area contributed by atoms with Crippen LogP contribution < -0.4 is 14.8 Å². The quantitative estimate of drug-likeness (QED) is 0.604. The minimum Gasteiger partial charge on any atom is -0.497 e. The molecule has 7 heteroatoms. The van der Waals surface area contributed by atoms with E-state index in [1.807, 2.05) is 22.8 Å². The molecule has 1 heterocycles. The lowest BCUT2D eigenvalue weighted by Gasteiger charge is -2.15. The summed E-state index contributed by atoms with van der Waals surface area (Å²) in [7, 11) is 4.92. The topological polar surface area (TPSA) is 57.5 Å². The zero-order valence-corrected chi connectivity index (χ0v) is 16.2. The van der Waals surface area contributed by atoms with Crippen molar-refractivity contribution in [3.8, 4) is 22.8 Å². The number of hydrogen-bond donors (Lipinski definition) is 1. The number of methoxy groups -OCH3 is 3. The first-order valence-corrected chi connectivity index (χ1v) is 8.91. The molecule has 0 saturated heterocycles. The largest absolute Gasteiger partial charge is 0.497 e. The second kappa shape index (κ2) is 9.23. The van der Waals surface area contributed by atoms with Crippen LogP contribution in [0.3, 0.4) is 0 Å². The molecule has 0 bridgehead atoms. The van der Waals surface area contributed by atoms with Crippen molar-refractivity contribution >= 4 is 5.95 Å². The average molecular weight is 385 g/mol. The smallest absolute Gasteiger partial charge is 0.203 e. The lowest BCUT2D eigenvalue weighted by molar-refractivity contribution is 0.188. The minimum absolute atomic E-state index is 0.268. The van der Waals surface area contributed by atoms with Gasteiger partial charge in [-0.1, -0.05) is 0 Å². The number of nitrogens with zero attached hydrogens (tertiary/aromatic N) is 2. The van der Waals surface area contributed by atoms with Gasteiger partial charge in [-0.15, -0.1) is 0 Å². The molecule has 148 valence electrons. The number of hydrogen-bond acceptors (Lipinski definition) is 5. The molecular weight excluding hydrogens is 361 g/mol. The van der Waals surface area contributed by atoms with E-state index in [0.717, 1.165) is 28.3 Å². The van der Waals surface area contributed by atoms with Crippen LogP contribution >= 0.6 is 0 Å². The second-order valence-electron chi connectivity index (χ2n) is 6.15. The molecule has 2 aromatic carbocycles. The maximum absolute atomic E-state index is 13.3. The van der Waals surface area contributed by atoms with Crippen LogP contribution in [0.25, 0.3) is 11.3 Å². The van der Waals surface area contributed by atoms with Gasteiger partial charge in [0.2, 0.25) is 5.95 Å². The number of ether oxygens (including phenoxy) is 3. The third kappa shape index (κ3) is 4.43. The fourth-order valence-electron chi connectivity index (χ4n) is 2.97. The van der Waals surface area contributed by atoms with E-state index in [4.69, 9.17) is 14.2 Å². The van der Waals surface area contributed by atoms with Gasteiger partial charge in [0.15, 0.2) is 0 Å². The highest BCUT2D eigenvalue weighted by molar-refractivity contribution is 5.61. The van der Waals surface area contributed by atoms with Crippen molar-refractivity contribution in [3.63, 3.8) is 0 Å². The highest BCUT2D eigenvalue weighted by atomic mass is 19.1. The monoisotopic (exact) mass is 385 g/mol. The van der Waals surface area contributed by atoms with Crippen molar-refractivity contribution in [2.75, 3.05) is 33.3 Å². The van der Waals surface area contributed by atoms with Gasteiger partial charge in [0.25, 0.3) is 0 Å². The number of halogens is 1. The molecule has 3 rings (SSSR count). The molecule has 1 aromatic heterocycles. The fraction of sp³-hybridized carbons (Fsp3) is 0.286. The molecule has 0 amide bonds. The number of benzene rings is 2. The molecule has 0 unspecified atom stereocenters. The summed E-state index contributed by atoms with van der Waals surface area (Å²) in [5.41, 5.74) is 2.72. The van der Waals surface area contributed by atoms with Crippen molar-refractivity contribution in [2.24, 2.45) is 0 Å². The van der Waals surface area contributed by atoms with E-state index < -0.39 is 0 Å². The van der Waals surface area contributed by atoms with Gasteiger partial charge in [0.05, 0.1) is 32.7 Å². The third-order valence-corrected chi connectivity index (χ3v) is 4.44. The SMILES string of the molecule is COCCn1c(-c2ccc(F)cc2)cnc1NCc1cc(OC)ccc1OC. The van der Waals surface area contributed by atoms with Gasteiger partial charge in [-0.05, 0) is 42.5 Å². The van der Waals surface area contributed by atoms with E-state index >= 15 is 0 Å². The van der Waals surface area contributed by atoms with Crippen molar-refractivity contribution in [3.05, 3.63) is 60.0 Å². The maximum atomic E-state index is 13.3. The molecule has 3 aromatic rings. The molecule has 0 aliphatic heterocycles.